The summed E-state index contributed by atoms with van der Waals surface area (Å²) in [6.45, 7) is 0. The van der Waals surface area contributed by atoms with Crippen LogP contribution >= 0.6 is 0 Å². The van der Waals surface area contributed by atoms with Gasteiger partial charge in [-0.3, -0.25) is 9.59 Å². The van der Waals surface area contributed by atoms with Gasteiger partial charge in [-0.25, -0.2) is 4.39 Å². The first-order valence-electron chi connectivity index (χ1n) is 7.46. The number of halogens is 1. The van der Waals surface area contributed by atoms with Gasteiger partial charge in [0, 0.05) is 12.1 Å². The van der Waals surface area contributed by atoms with Crippen LogP contribution in [0.1, 0.15) is 42.5 Å². The van der Waals surface area contributed by atoms with E-state index in [1.165, 1.54) is 19.2 Å². The lowest BCUT2D eigenvalue weighted by Crippen LogP contribution is -2.45. The quantitative estimate of drug-likeness (QED) is 0.835. The van der Waals surface area contributed by atoms with Crippen molar-refractivity contribution in [2.24, 2.45) is 11.7 Å². The number of nitrogens with one attached hydrogen (secondary N) is 1. The van der Waals surface area contributed by atoms with Crippen LogP contribution in [0.3, 0.4) is 0 Å². The first-order valence-corrected chi connectivity index (χ1v) is 7.46. The van der Waals surface area contributed by atoms with Gasteiger partial charge in [0.1, 0.15) is 11.6 Å². The van der Waals surface area contributed by atoms with Crippen LogP contribution in [-0.4, -0.2) is 25.0 Å². The highest BCUT2D eigenvalue weighted by atomic mass is 19.1. The average molecular weight is 308 g/mol. The molecule has 1 fully saturated rings. The van der Waals surface area contributed by atoms with Crippen LogP contribution in [0.15, 0.2) is 18.2 Å². The molecule has 0 aliphatic heterocycles. The fourth-order valence-corrected chi connectivity index (χ4v) is 2.87. The number of rotatable bonds is 4. The van der Waals surface area contributed by atoms with E-state index in [1.807, 2.05) is 0 Å². The van der Waals surface area contributed by atoms with Crippen LogP contribution in [-0.2, 0) is 4.79 Å². The summed E-state index contributed by atoms with van der Waals surface area (Å²) < 4.78 is 18.9. The van der Waals surface area contributed by atoms with Gasteiger partial charge in [-0.15, -0.1) is 0 Å². The Morgan fingerprint density at radius 3 is 2.64 bits per heavy atom. The highest BCUT2D eigenvalue weighted by Crippen LogP contribution is 2.24. The predicted molar refractivity (Wildman–Crippen MR) is 80.0 cm³/mol. The fraction of sp³-hybridized carbons (Fsp3) is 0.500. The molecule has 0 bridgehead atoms. The molecule has 1 aromatic rings. The normalized spacial score (nSPS) is 21.7. The van der Waals surface area contributed by atoms with E-state index in [2.05, 4.69) is 5.32 Å². The first kappa shape index (κ1) is 16.3. The van der Waals surface area contributed by atoms with Crippen molar-refractivity contribution < 1.29 is 18.7 Å². The lowest BCUT2D eigenvalue weighted by atomic mass is 9.93. The summed E-state index contributed by atoms with van der Waals surface area (Å²) >= 11 is 0. The molecule has 120 valence electrons. The van der Waals surface area contributed by atoms with Crippen molar-refractivity contribution in [2.45, 2.75) is 38.1 Å². The van der Waals surface area contributed by atoms with Gasteiger partial charge in [-0.2, -0.15) is 0 Å². The Balaban J connectivity index is 2.13. The van der Waals surface area contributed by atoms with E-state index < -0.39 is 23.5 Å². The van der Waals surface area contributed by atoms with Crippen molar-refractivity contribution in [3.63, 3.8) is 0 Å². The molecule has 0 aromatic heterocycles. The zero-order valence-corrected chi connectivity index (χ0v) is 12.6. The van der Waals surface area contributed by atoms with Crippen LogP contribution in [0.2, 0.25) is 0 Å². The summed E-state index contributed by atoms with van der Waals surface area (Å²) in [5, 5.41) is 2.76. The zero-order chi connectivity index (χ0) is 16.1. The smallest absolute Gasteiger partial charge is 0.254 e. The number of ether oxygens (including phenoxy) is 1. The second-order valence-corrected chi connectivity index (χ2v) is 5.57. The Morgan fingerprint density at radius 1 is 1.27 bits per heavy atom. The van der Waals surface area contributed by atoms with Crippen molar-refractivity contribution in [3.05, 3.63) is 29.6 Å². The topological polar surface area (TPSA) is 81.4 Å². The SMILES string of the molecule is COc1ccc(C(=O)N[C@H]2CCCCC[C@H]2C(N)=O)c(F)c1. The predicted octanol–water partition coefficient (Wildman–Crippen LogP) is 2.00. The number of hydrogen-bond donors (Lipinski definition) is 2. The Morgan fingerprint density at radius 2 is 2.00 bits per heavy atom. The molecular formula is C16H21FN2O3. The number of hydrogen-bond acceptors (Lipinski definition) is 3. The second kappa shape index (κ2) is 7.24. The molecule has 6 heteroatoms. The molecule has 0 unspecified atom stereocenters. The average Bonchev–Trinajstić information content (AvgIpc) is 2.72. The molecule has 1 aromatic carbocycles. The number of methoxy groups -OCH3 is 1. The van der Waals surface area contributed by atoms with Crippen LogP contribution in [0.5, 0.6) is 5.75 Å². The van der Waals surface area contributed by atoms with Crippen molar-refractivity contribution in [1.29, 1.82) is 0 Å². The minimum absolute atomic E-state index is 0.0618. The van der Waals surface area contributed by atoms with Gasteiger partial charge in [0.2, 0.25) is 5.91 Å². The number of nitrogens with two attached hydrogens (primary N) is 1. The maximum atomic E-state index is 13.9. The standard InChI is InChI=1S/C16H21FN2O3/c1-22-10-7-8-11(13(17)9-10)16(21)19-14-6-4-2-3-5-12(14)15(18)20/h7-9,12,14H,2-6H2,1H3,(H2,18,20)(H,19,21)/t12-,14+/m1/s1. The maximum Gasteiger partial charge on any atom is 0.254 e. The summed E-state index contributed by atoms with van der Waals surface area (Å²) in [6, 6.07) is 3.72. The molecule has 1 aliphatic carbocycles. The molecule has 0 saturated heterocycles. The summed E-state index contributed by atoms with van der Waals surface area (Å²) in [7, 11) is 1.43. The third kappa shape index (κ3) is 3.75. The van der Waals surface area contributed by atoms with E-state index >= 15 is 0 Å². The van der Waals surface area contributed by atoms with Crippen LogP contribution in [0.4, 0.5) is 4.39 Å². The molecule has 3 N–H and O–H groups in total. The summed E-state index contributed by atoms with van der Waals surface area (Å²) in [5.41, 5.74) is 5.37. The number of carbonyl (C=O) groups is 2. The molecular weight excluding hydrogens is 287 g/mol. The molecule has 1 aliphatic rings. The van der Waals surface area contributed by atoms with Crippen LogP contribution < -0.4 is 15.8 Å². The number of amides is 2. The molecule has 1 saturated carbocycles. The summed E-state index contributed by atoms with van der Waals surface area (Å²) in [6.07, 6.45) is 4.17. The van der Waals surface area contributed by atoms with Gasteiger partial charge in [0.15, 0.2) is 0 Å². The maximum absolute atomic E-state index is 13.9. The highest BCUT2D eigenvalue weighted by Gasteiger charge is 2.30. The second-order valence-electron chi connectivity index (χ2n) is 5.57. The van der Waals surface area contributed by atoms with Gasteiger partial charge in [-0.05, 0) is 25.0 Å². The molecule has 5 nitrogen and oxygen atoms in total. The summed E-state index contributed by atoms with van der Waals surface area (Å²) in [5.74, 6) is -1.65. The Labute approximate surface area is 129 Å². The zero-order valence-electron chi connectivity index (χ0n) is 12.6. The van der Waals surface area contributed by atoms with E-state index in [0.29, 0.717) is 18.6 Å². The third-order valence-electron chi connectivity index (χ3n) is 4.12. The molecule has 22 heavy (non-hydrogen) atoms. The minimum atomic E-state index is -0.652. The Bertz CT molecular complexity index is 562. The van der Waals surface area contributed by atoms with E-state index in [4.69, 9.17) is 10.5 Å². The summed E-state index contributed by atoms with van der Waals surface area (Å²) in [4.78, 5) is 23.8. The molecule has 2 rings (SSSR count). The number of primary amides is 1. The van der Waals surface area contributed by atoms with Gasteiger partial charge in [0.05, 0.1) is 18.6 Å². The van der Waals surface area contributed by atoms with Gasteiger partial charge >= 0.3 is 0 Å². The van der Waals surface area contributed by atoms with Crippen LogP contribution in [0.25, 0.3) is 0 Å². The van der Waals surface area contributed by atoms with E-state index in [0.717, 1.165) is 25.3 Å². The van der Waals surface area contributed by atoms with Crippen molar-refractivity contribution in [3.8, 4) is 5.75 Å². The number of benzene rings is 1. The van der Waals surface area contributed by atoms with E-state index in [9.17, 15) is 14.0 Å². The minimum Gasteiger partial charge on any atom is -0.497 e. The molecule has 2 atom stereocenters. The van der Waals surface area contributed by atoms with Gasteiger partial charge in [0.25, 0.3) is 5.91 Å². The monoisotopic (exact) mass is 308 g/mol. The highest BCUT2D eigenvalue weighted by molar-refractivity contribution is 5.95. The molecule has 0 spiro atoms. The number of carbonyl (C=O) groups excluding carboxylic acids is 2. The van der Waals surface area contributed by atoms with Crippen molar-refractivity contribution in [2.75, 3.05) is 7.11 Å². The van der Waals surface area contributed by atoms with Gasteiger partial charge < -0.3 is 15.8 Å². The lowest BCUT2D eigenvalue weighted by molar-refractivity contribution is -0.122. The van der Waals surface area contributed by atoms with E-state index in [-0.39, 0.29) is 11.6 Å². The Kier molecular flexibility index (Phi) is 5.35. The molecule has 2 amide bonds. The fourth-order valence-electron chi connectivity index (χ4n) is 2.87. The van der Waals surface area contributed by atoms with E-state index in [1.54, 1.807) is 0 Å². The van der Waals surface area contributed by atoms with Crippen molar-refractivity contribution in [1.82, 2.24) is 5.32 Å². The molecule has 0 heterocycles. The largest absolute Gasteiger partial charge is 0.497 e. The lowest BCUT2D eigenvalue weighted by Gasteiger charge is -2.23. The third-order valence-corrected chi connectivity index (χ3v) is 4.12. The Hall–Kier alpha value is -2.11. The molecule has 0 radical (unpaired) electrons. The van der Waals surface area contributed by atoms with Crippen molar-refractivity contribution >= 4 is 11.8 Å². The van der Waals surface area contributed by atoms with Crippen LogP contribution in [0, 0.1) is 11.7 Å². The first-order chi connectivity index (χ1) is 10.5. The van der Waals surface area contributed by atoms with Gasteiger partial charge in [-0.1, -0.05) is 19.3 Å².